The molecule has 0 N–H and O–H groups in total. The Bertz CT molecular complexity index is 428. The lowest BCUT2D eigenvalue weighted by Gasteiger charge is -2.36. The lowest BCUT2D eigenvalue weighted by molar-refractivity contribution is -0.148. The van der Waals surface area contributed by atoms with Crippen LogP contribution in [0.5, 0.6) is 0 Å². The second-order valence-corrected chi connectivity index (χ2v) is 6.91. The van der Waals surface area contributed by atoms with E-state index in [4.69, 9.17) is 4.74 Å². The van der Waals surface area contributed by atoms with Gasteiger partial charge in [0.1, 0.15) is 5.41 Å². The van der Waals surface area contributed by atoms with Crippen LogP contribution in [0, 0.1) is 16.7 Å². The van der Waals surface area contributed by atoms with Crippen molar-refractivity contribution in [1.29, 1.82) is 0 Å². The average Bonchev–Trinajstić information content (AvgIpc) is 2.71. The molecule has 1 aliphatic carbocycles. The van der Waals surface area contributed by atoms with Gasteiger partial charge in [-0.15, -0.1) is 0 Å². The van der Waals surface area contributed by atoms with Gasteiger partial charge in [-0.25, -0.2) is 0 Å². The molecule has 0 aromatic carbocycles. The van der Waals surface area contributed by atoms with Gasteiger partial charge in [-0.1, -0.05) is 26.8 Å². The molecule has 2 unspecified atom stereocenters. The zero-order valence-corrected chi connectivity index (χ0v) is 12.4. The summed E-state index contributed by atoms with van der Waals surface area (Å²) in [6, 6.07) is 0. The number of allylic oxidation sites excluding steroid dienone is 1. The standard InChI is InChI=1S/C16H24O3/c1-11(17)16(9-10-19-14(16)18)13-7-5-12(6-8-13)15(2,3)4/h7,12H,5-6,8-10H2,1-4H3. The number of rotatable bonds is 2. The maximum Gasteiger partial charge on any atom is 0.323 e. The summed E-state index contributed by atoms with van der Waals surface area (Å²) in [6.45, 7) is 8.64. The highest BCUT2D eigenvalue weighted by Gasteiger charge is 2.52. The summed E-state index contributed by atoms with van der Waals surface area (Å²) < 4.78 is 5.08. The Morgan fingerprint density at radius 3 is 2.47 bits per heavy atom. The summed E-state index contributed by atoms with van der Waals surface area (Å²) in [5.41, 5.74) is 0.327. The third-order valence-electron chi connectivity index (χ3n) is 4.84. The van der Waals surface area contributed by atoms with E-state index in [0.29, 0.717) is 18.9 Å². The molecule has 2 aliphatic rings. The van der Waals surface area contributed by atoms with E-state index in [1.54, 1.807) is 0 Å². The van der Waals surface area contributed by atoms with Crippen molar-refractivity contribution in [2.24, 2.45) is 16.7 Å². The Hall–Kier alpha value is -1.12. The summed E-state index contributed by atoms with van der Waals surface area (Å²) in [5, 5.41) is 0. The molecule has 0 bridgehead atoms. The summed E-state index contributed by atoms with van der Waals surface area (Å²) in [5.74, 6) is 0.230. The monoisotopic (exact) mass is 264 g/mol. The highest BCUT2D eigenvalue weighted by atomic mass is 16.5. The molecule has 2 atom stereocenters. The first-order chi connectivity index (χ1) is 8.78. The van der Waals surface area contributed by atoms with Crippen molar-refractivity contribution in [3.8, 4) is 0 Å². The maximum atomic E-state index is 12.0. The molecule has 0 aromatic rings. The van der Waals surface area contributed by atoms with Gasteiger partial charge in [0, 0.05) is 6.42 Å². The number of Topliss-reactive ketones (excluding diaryl/α,β-unsaturated/α-hetero) is 1. The summed E-state index contributed by atoms with van der Waals surface area (Å²) in [6.07, 6.45) is 5.51. The van der Waals surface area contributed by atoms with Crippen molar-refractivity contribution in [1.82, 2.24) is 0 Å². The molecule has 1 aliphatic heterocycles. The molecule has 0 spiro atoms. The van der Waals surface area contributed by atoms with E-state index in [1.165, 1.54) is 6.92 Å². The van der Waals surface area contributed by atoms with Crippen molar-refractivity contribution in [2.45, 2.75) is 53.4 Å². The van der Waals surface area contributed by atoms with Crippen LogP contribution < -0.4 is 0 Å². The molecule has 1 fully saturated rings. The third kappa shape index (κ3) is 2.35. The number of ether oxygens (including phenoxy) is 1. The molecule has 0 radical (unpaired) electrons. The van der Waals surface area contributed by atoms with Crippen molar-refractivity contribution in [2.75, 3.05) is 6.61 Å². The predicted molar refractivity (Wildman–Crippen MR) is 73.6 cm³/mol. The fraction of sp³-hybridized carbons (Fsp3) is 0.750. The van der Waals surface area contributed by atoms with Gasteiger partial charge in [-0.05, 0) is 43.1 Å². The smallest absolute Gasteiger partial charge is 0.323 e. The summed E-state index contributed by atoms with van der Waals surface area (Å²) in [7, 11) is 0. The van der Waals surface area contributed by atoms with Crippen molar-refractivity contribution >= 4 is 11.8 Å². The molecule has 2 rings (SSSR count). The van der Waals surface area contributed by atoms with Crippen LogP contribution in [0.25, 0.3) is 0 Å². The van der Waals surface area contributed by atoms with Gasteiger partial charge in [0.05, 0.1) is 6.61 Å². The van der Waals surface area contributed by atoms with Crippen LogP contribution in [-0.4, -0.2) is 18.4 Å². The van der Waals surface area contributed by atoms with Crippen LogP contribution in [0.3, 0.4) is 0 Å². The van der Waals surface area contributed by atoms with Gasteiger partial charge >= 0.3 is 5.97 Å². The topological polar surface area (TPSA) is 43.4 Å². The average molecular weight is 264 g/mol. The van der Waals surface area contributed by atoms with Crippen LogP contribution in [-0.2, 0) is 14.3 Å². The van der Waals surface area contributed by atoms with E-state index >= 15 is 0 Å². The quantitative estimate of drug-likeness (QED) is 0.437. The summed E-state index contributed by atoms with van der Waals surface area (Å²) in [4.78, 5) is 24.0. The van der Waals surface area contributed by atoms with E-state index in [0.717, 1.165) is 24.8 Å². The minimum atomic E-state index is -0.956. The first-order valence-electron chi connectivity index (χ1n) is 7.16. The molecule has 19 heavy (non-hydrogen) atoms. The predicted octanol–water partition coefficient (Wildman–Crippen LogP) is 3.28. The molecular formula is C16H24O3. The van der Waals surface area contributed by atoms with Crippen LogP contribution in [0.2, 0.25) is 0 Å². The van der Waals surface area contributed by atoms with Gasteiger partial charge in [0.15, 0.2) is 5.78 Å². The maximum absolute atomic E-state index is 12.0. The molecule has 3 nitrogen and oxygen atoms in total. The Balaban J connectivity index is 2.25. The first-order valence-corrected chi connectivity index (χ1v) is 7.16. The van der Waals surface area contributed by atoms with Crippen LogP contribution in [0.1, 0.15) is 53.4 Å². The minimum absolute atomic E-state index is 0.0598. The molecule has 1 heterocycles. The normalized spacial score (nSPS) is 31.9. The van der Waals surface area contributed by atoms with Gasteiger partial charge in [-0.3, -0.25) is 9.59 Å². The van der Waals surface area contributed by atoms with Crippen molar-refractivity contribution in [3.63, 3.8) is 0 Å². The molecule has 0 saturated carbocycles. The molecular weight excluding hydrogens is 240 g/mol. The fourth-order valence-corrected chi connectivity index (χ4v) is 3.37. The van der Waals surface area contributed by atoms with E-state index in [-0.39, 0.29) is 17.2 Å². The van der Waals surface area contributed by atoms with Crippen LogP contribution in [0.15, 0.2) is 11.6 Å². The second kappa shape index (κ2) is 4.77. The van der Waals surface area contributed by atoms with Crippen molar-refractivity contribution in [3.05, 3.63) is 11.6 Å². The lowest BCUT2D eigenvalue weighted by Crippen LogP contribution is -2.38. The van der Waals surface area contributed by atoms with E-state index in [1.807, 2.05) is 0 Å². The molecule has 1 saturated heterocycles. The first kappa shape index (κ1) is 14.3. The number of carbonyl (C=O) groups is 2. The summed E-state index contributed by atoms with van der Waals surface area (Å²) >= 11 is 0. The Morgan fingerprint density at radius 1 is 1.42 bits per heavy atom. The Kier molecular flexibility index (Phi) is 3.59. The fourth-order valence-electron chi connectivity index (χ4n) is 3.37. The van der Waals surface area contributed by atoms with Gasteiger partial charge < -0.3 is 4.74 Å². The van der Waals surface area contributed by atoms with Gasteiger partial charge in [-0.2, -0.15) is 0 Å². The Labute approximate surface area is 115 Å². The molecule has 0 aromatic heterocycles. The molecule has 3 heteroatoms. The number of cyclic esters (lactones) is 1. The highest BCUT2D eigenvalue weighted by molar-refractivity contribution is 6.07. The van der Waals surface area contributed by atoms with Crippen LogP contribution >= 0.6 is 0 Å². The Morgan fingerprint density at radius 2 is 2.11 bits per heavy atom. The minimum Gasteiger partial charge on any atom is -0.465 e. The number of esters is 1. The zero-order chi connectivity index (χ0) is 14.3. The van der Waals surface area contributed by atoms with E-state index in [9.17, 15) is 9.59 Å². The molecule has 0 amide bonds. The van der Waals surface area contributed by atoms with E-state index in [2.05, 4.69) is 26.8 Å². The second-order valence-electron chi connectivity index (χ2n) is 6.91. The van der Waals surface area contributed by atoms with Gasteiger partial charge in [0.25, 0.3) is 0 Å². The van der Waals surface area contributed by atoms with E-state index < -0.39 is 5.41 Å². The number of ketones is 1. The number of carbonyl (C=O) groups excluding carboxylic acids is 2. The molecule has 106 valence electrons. The van der Waals surface area contributed by atoms with Crippen LogP contribution in [0.4, 0.5) is 0 Å². The lowest BCUT2D eigenvalue weighted by atomic mass is 9.66. The van der Waals surface area contributed by atoms with Gasteiger partial charge in [0.2, 0.25) is 0 Å². The zero-order valence-electron chi connectivity index (χ0n) is 12.4. The number of hydrogen-bond donors (Lipinski definition) is 0. The van der Waals surface area contributed by atoms with Crippen molar-refractivity contribution < 1.29 is 14.3 Å². The largest absolute Gasteiger partial charge is 0.465 e. The number of hydrogen-bond acceptors (Lipinski definition) is 3. The highest BCUT2D eigenvalue weighted by Crippen LogP contribution is 2.46. The SMILES string of the molecule is CC(=O)C1(C2=CCC(C(C)(C)C)CC2)CCOC1=O. The third-order valence-corrected chi connectivity index (χ3v) is 4.84.